The molecule has 0 atom stereocenters. The van der Waals surface area contributed by atoms with Gasteiger partial charge in [-0.1, -0.05) is 170 Å². The molecule has 0 unspecified atom stereocenters. The number of aryl methyl sites for hydroxylation is 1. The van der Waals surface area contributed by atoms with Gasteiger partial charge in [0, 0.05) is 23.6 Å². The molecule has 0 amide bonds. The highest BCUT2D eigenvalue weighted by molar-refractivity contribution is 6.11. The van der Waals surface area contributed by atoms with Crippen molar-refractivity contribution in [1.82, 2.24) is 0 Å². The molecule has 0 bridgehead atoms. The van der Waals surface area contributed by atoms with Gasteiger partial charge in [-0.15, -0.1) is 0 Å². The lowest BCUT2D eigenvalue weighted by Crippen LogP contribution is -2.03. The zero-order valence-electron chi connectivity index (χ0n) is 44.2. The second kappa shape index (κ2) is 30.1. The van der Waals surface area contributed by atoms with E-state index in [1.807, 2.05) is 134 Å². The van der Waals surface area contributed by atoms with Crippen LogP contribution in [-0.2, 0) is 6.42 Å². The summed E-state index contributed by atoms with van der Waals surface area (Å²) < 4.78 is 5.19. The smallest absolute Gasteiger partial charge is 0.193 e. The van der Waals surface area contributed by atoms with Crippen molar-refractivity contribution in [3.8, 4) is 46.0 Å². The van der Waals surface area contributed by atoms with E-state index < -0.39 is 5.78 Å². The molecule has 0 aliphatic carbocycles. The molecule has 12 heteroatoms. The normalized spacial score (nSPS) is 10.7. The van der Waals surface area contributed by atoms with Gasteiger partial charge in [0.25, 0.3) is 0 Å². The maximum absolute atomic E-state index is 12.7. The van der Waals surface area contributed by atoms with Gasteiger partial charge in [-0.05, 0) is 125 Å². The average molecular weight is 1080 g/mol. The van der Waals surface area contributed by atoms with Crippen LogP contribution in [0.5, 0.6) is 46.0 Å². The molecule has 0 saturated carbocycles. The second-order valence-electron chi connectivity index (χ2n) is 17.8. The summed E-state index contributed by atoms with van der Waals surface area (Å²) in [6.45, 7) is 1.87. The van der Waals surface area contributed by atoms with Crippen molar-refractivity contribution in [3.63, 3.8) is 0 Å². The minimum absolute atomic E-state index is 0.0257. The Morgan fingerprint density at radius 1 is 0.395 bits per heavy atom. The lowest BCUT2D eigenvalue weighted by molar-refractivity contribution is 0.103. The number of carbonyl (C=O) groups excluding carboxylic acids is 4. The number of para-hydroxylation sites is 1. The molecule has 406 valence electrons. The first-order valence-electron chi connectivity index (χ1n) is 25.2. The molecule has 9 aromatic carbocycles. The Balaban J connectivity index is 0.000000178. The third kappa shape index (κ3) is 18.3. The molecule has 0 radical (unpaired) electrons. The number of benzene rings is 9. The van der Waals surface area contributed by atoms with Gasteiger partial charge in [-0.2, -0.15) is 0 Å². The number of hydrogen-bond donors (Lipinski definition) is 7. The summed E-state index contributed by atoms with van der Waals surface area (Å²) in [6, 6.07) is 60.9. The summed E-state index contributed by atoms with van der Waals surface area (Å²) in [4.78, 5) is 48.2. The molecule has 0 spiro atoms. The fraction of sp³-hybridized carbons (Fsp3) is 0.0435. The Kier molecular flexibility index (Phi) is 22.0. The number of ether oxygens (including phenoxy) is 1. The number of phenolic OH excluding ortho intramolecular Hbond substituents is 7. The molecule has 0 saturated heterocycles. The molecular weight excluding hydrogens is 1020 g/mol. The van der Waals surface area contributed by atoms with Gasteiger partial charge in [-0.25, -0.2) is 0 Å². The second-order valence-corrected chi connectivity index (χ2v) is 17.8. The van der Waals surface area contributed by atoms with Gasteiger partial charge in [0.2, 0.25) is 0 Å². The van der Waals surface area contributed by atoms with E-state index in [1.54, 1.807) is 66.8 Å². The Bertz CT molecular complexity index is 3680. The van der Waals surface area contributed by atoms with Crippen LogP contribution in [0.2, 0.25) is 0 Å². The fourth-order valence-electron chi connectivity index (χ4n) is 7.60. The third-order valence-electron chi connectivity index (χ3n) is 11.9. The Morgan fingerprint density at radius 2 is 0.840 bits per heavy atom. The first kappa shape index (κ1) is 59.3. The molecule has 0 fully saturated rings. The Morgan fingerprint density at radius 3 is 1.32 bits per heavy atom. The number of rotatable bonds is 15. The highest BCUT2D eigenvalue weighted by Gasteiger charge is 2.23. The summed E-state index contributed by atoms with van der Waals surface area (Å²) in [5.41, 5.74) is 6.18. The number of allylic oxidation sites excluding steroid dienone is 4. The van der Waals surface area contributed by atoms with Crippen LogP contribution in [0.3, 0.4) is 0 Å². The summed E-state index contributed by atoms with van der Waals surface area (Å²) in [6.07, 6.45) is 12.6. The Labute approximate surface area is 469 Å². The van der Waals surface area contributed by atoms with Crippen molar-refractivity contribution in [1.29, 1.82) is 0 Å². The maximum atomic E-state index is 12.7. The van der Waals surface area contributed by atoms with Crippen LogP contribution in [-0.4, -0.2) is 66.0 Å². The maximum Gasteiger partial charge on any atom is 0.193 e. The van der Waals surface area contributed by atoms with Crippen LogP contribution in [0.25, 0.3) is 24.3 Å². The van der Waals surface area contributed by atoms with E-state index in [9.17, 15) is 49.8 Å². The highest BCUT2D eigenvalue weighted by Crippen LogP contribution is 2.40. The minimum Gasteiger partial charge on any atom is -0.508 e. The topological polar surface area (TPSA) is 219 Å². The van der Waals surface area contributed by atoms with Gasteiger partial charge in [0.05, 0.1) is 18.2 Å². The summed E-state index contributed by atoms with van der Waals surface area (Å²) in [5.74, 6) is -1.59. The van der Waals surface area contributed by atoms with E-state index in [-0.39, 0.29) is 86.5 Å². The average Bonchev–Trinajstić information content (AvgIpc) is 3.54. The lowest BCUT2D eigenvalue weighted by atomic mass is 9.96. The van der Waals surface area contributed by atoms with E-state index in [0.29, 0.717) is 16.7 Å². The number of phenols is 7. The standard InChI is InChI=1S/C23H20O5.C16H14O2.C15H12O3.C15H12O2/c1-28-21-14-20(26)17(13-16-9-5-6-10-18(16)24)23(27)22(21)19(25)12-11-15-7-3-2-4-8-15;1-12-7-9-14(16(18)11-12)15(17)10-8-13-5-3-2-4-6-13;16-12-7-9-15(18)13(10-12)14(17)8-6-11-4-2-1-3-5-11;16-14-9-7-13(8-10-14)15(17)11-6-12-4-2-1-3-5-12/h2-12,14,24,26-27H,13H2,1H3;2-11,18H,1H3;1-10,16,18H;1-11,16H/b12-11+;10-8+;8-6+;11-6+. The van der Waals surface area contributed by atoms with E-state index in [1.165, 1.54) is 73.9 Å². The van der Waals surface area contributed by atoms with Crippen molar-refractivity contribution >= 4 is 47.4 Å². The summed E-state index contributed by atoms with van der Waals surface area (Å²) >= 11 is 0. The minimum atomic E-state index is -0.461. The molecule has 9 aromatic rings. The largest absolute Gasteiger partial charge is 0.508 e. The zero-order chi connectivity index (χ0) is 58.1. The zero-order valence-corrected chi connectivity index (χ0v) is 44.2. The molecule has 0 aliphatic heterocycles. The van der Waals surface area contributed by atoms with Crippen molar-refractivity contribution in [2.45, 2.75) is 13.3 Å². The Hall–Kier alpha value is -11.0. The van der Waals surface area contributed by atoms with Gasteiger partial charge in [0.15, 0.2) is 23.1 Å². The monoisotopic (exact) mass is 1080 g/mol. The molecule has 9 rings (SSSR count). The van der Waals surface area contributed by atoms with E-state index in [4.69, 9.17) is 9.84 Å². The van der Waals surface area contributed by atoms with Gasteiger partial charge >= 0.3 is 0 Å². The molecule has 12 nitrogen and oxygen atoms in total. The number of carbonyl (C=O) groups is 4. The molecule has 0 aromatic heterocycles. The third-order valence-corrected chi connectivity index (χ3v) is 11.9. The number of ketones is 4. The van der Waals surface area contributed by atoms with Gasteiger partial charge < -0.3 is 40.5 Å². The highest BCUT2D eigenvalue weighted by atomic mass is 16.5. The van der Waals surface area contributed by atoms with Crippen molar-refractivity contribution in [3.05, 3.63) is 298 Å². The summed E-state index contributed by atoms with van der Waals surface area (Å²) in [7, 11) is 1.36. The van der Waals surface area contributed by atoms with Crippen molar-refractivity contribution in [2.75, 3.05) is 7.11 Å². The number of methoxy groups -OCH3 is 1. The first-order valence-corrected chi connectivity index (χ1v) is 25.2. The van der Waals surface area contributed by atoms with Crippen molar-refractivity contribution < 1.29 is 59.7 Å². The van der Waals surface area contributed by atoms with Crippen LogP contribution in [0.1, 0.15) is 80.4 Å². The van der Waals surface area contributed by atoms with Crippen LogP contribution < -0.4 is 4.74 Å². The predicted molar refractivity (Wildman–Crippen MR) is 317 cm³/mol. The van der Waals surface area contributed by atoms with Crippen molar-refractivity contribution in [2.24, 2.45) is 0 Å². The SMILES string of the molecule is COc1cc(O)c(Cc2ccccc2O)c(O)c1C(=O)/C=C/c1ccccc1.Cc1ccc(C(=O)/C=C/c2ccccc2)c(O)c1.O=C(/C=C/c1ccccc1)c1cc(O)ccc1O.O=C(/C=C/c1ccccc1)c1ccc(O)cc1. The van der Waals surface area contributed by atoms with E-state index in [0.717, 1.165) is 27.8 Å². The quantitative estimate of drug-likeness (QED) is 0.0290. The fourth-order valence-corrected chi connectivity index (χ4v) is 7.60. The number of aromatic hydroxyl groups is 7. The predicted octanol–water partition coefficient (Wildman–Crippen LogP) is 14.2. The van der Waals surface area contributed by atoms with Crippen LogP contribution in [0.15, 0.2) is 237 Å². The van der Waals surface area contributed by atoms with Crippen LogP contribution >= 0.6 is 0 Å². The van der Waals surface area contributed by atoms with E-state index in [2.05, 4.69) is 0 Å². The molecule has 7 N–H and O–H groups in total. The van der Waals surface area contributed by atoms with Crippen LogP contribution in [0.4, 0.5) is 0 Å². The van der Waals surface area contributed by atoms with E-state index >= 15 is 0 Å². The summed E-state index contributed by atoms with van der Waals surface area (Å²) in [5, 5.41) is 68.7. The van der Waals surface area contributed by atoms with Gasteiger partial charge in [-0.3, -0.25) is 19.2 Å². The molecule has 0 heterocycles. The lowest BCUT2D eigenvalue weighted by Gasteiger charge is -2.15. The molecule has 81 heavy (non-hydrogen) atoms. The molecular formula is C69H58O12. The van der Waals surface area contributed by atoms with Gasteiger partial charge in [0.1, 0.15) is 51.6 Å². The van der Waals surface area contributed by atoms with Crippen LogP contribution in [0, 0.1) is 6.92 Å². The molecule has 0 aliphatic rings. The number of hydrogen-bond acceptors (Lipinski definition) is 12. The first-order chi connectivity index (χ1) is 39.1.